The first kappa shape index (κ1) is 14.8. The summed E-state index contributed by atoms with van der Waals surface area (Å²) in [6, 6.07) is 9.46. The normalized spacial score (nSPS) is 22.2. The highest BCUT2D eigenvalue weighted by Gasteiger charge is 2.37. The van der Waals surface area contributed by atoms with E-state index in [0.717, 1.165) is 5.56 Å². The summed E-state index contributed by atoms with van der Waals surface area (Å²) in [4.78, 5) is 2.86. The van der Waals surface area contributed by atoms with Gasteiger partial charge in [-0.2, -0.15) is 0 Å². The Morgan fingerprint density at radius 1 is 1.45 bits per heavy atom. The summed E-state index contributed by atoms with van der Waals surface area (Å²) in [5, 5.41) is 3.75. The highest BCUT2D eigenvalue weighted by molar-refractivity contribution is 5.13. The average Bonchev–Trinajstić information content (AvgIpc) is 2.79. The van der Waals surface area contributed by atoms with Gasteiger partial charge >= 0.3 is 0 Å². The minimum Gasteiger partial charge on any atom is -0.376 e. The van der Waals surface area contributed by atoms with Gasteiger partial charge in [-0.1, -0.05) is 35.4 Å². The first-order valence-corrected chi connectivity index (χ1v) is 6.58. The van der Waals surface area contributed by atoms with Gasteiger partial charge in [0.05, 0.1) is 32.0 Å². The molecule has 2 atom stereocenters. The molecule has 0 unspecified atom stereocenters. The van der Waals surface area contributed by atoms with Crippen molar-refractivity contribution in [2.24, 2.45) is 5.11 Å². The van der Waals surface area contributed by atoms with E-state index >= 15 is 0 Å². The van der Waals surface area contributed by atoms with E-state index in [1.54, 1.807) is 0 Å². The quantitative estimate of drug-likeness (QED) is 0.455. The van der Waals surface area contributed by atoms with Crippen LogP contribution in [-0.4, -0.2) is 31.1 Å². The summed E-state index contributed by atoms with van der Waals surface area (Å²) >= 11 is 0. The van der Waals surface area contributed by atoms with E-state index < -0.39 is 5.79 Å². The smallest absolute Gasteiger partial charge is 0.163 e. The van der Waals surface area contributed by atoms with Crippen LogP contribution < -0.4 is 0 Å². The van der Waals surface area contributed by atoms with Crippen LogP contribution in [0.4, 0.5) is 0 Å². The molecule has 108 valence electrons. The minimum absolute atomic E-state index is 0.267. The number of ether oxygens (including phenoxy) is 3. The molecule has 0 N–H and O–H groups in total. The van der Waals surface area contributed by atoms with Gasteiger partial charge in [0.1, 0.15) is 0 Å². The zero-order valence-corrected chi connectivity index (χ0v) is 11.7. The minimum atomic E-state index is -0.632. The Labute approximate surface area is 118 Å². The highest BCUT2D eigenvalue weighted by Crippen LogP contribution is 2.25. The molecule has 1 saturated heterocycles. The van der Waals surface area contributed by atoms with E-state index in [-0.39, 0.29) is 12.1 Å². The zero-order valence-electron chi connectivity index (χ0n) is 11.7. The highest BCUT2D eigenvalue weighted by atomic mass is 16.7. The summed E-state index contributed by atoms with van der Waals surface area (Å²) in [5.74, 6) is -0.632. The van der Waals surface area contributed by atoms with Crippen molar-refractivity contribution in [2.45, 2.75) is 38.4 Å². The van der Waals surface area contributed by atoms with Gasteiger partial charge in [-0.05, 0) is 24.9 Å². The number of hydrogen-bond acceptors (Lipinski definition) is 4. The molecule has 0 saturated carbocycles. The SMILES string of the molecule is CC1(C)OC[C@@H]([C@@H](COCc2ccccc2)N=[N+]=[N-])O1. The first-order chi connectivity index (χ1) is 9.61. The van der Waals surface area contributed by atoms with Crippen LogP contribution in [0.5, 0.6) is 0 Å². The number of hydrogen-bond donors (Lipinski definition) is 0. The average molecular weight is 277 g/mol. The van der Waals surface area contributed by atoms with Crippen LogP contribution in [0, 0.1) is 0 Å². The van der Waals surface area contributed by atoms with Gasteiger partial charge in [-0.15, -0.1) is 0 Å². The molecule has 0 aliphatic carbocycles. The summed E-state index contributed by atoms with van der Waals surface area (Å²) < 4.78 is 16.8. The second-order valence-corrected chi connectivity index (χ2v) is 5.14. The Bertz CT molecular complexity index is 472. The van der Waals surface area contributed by atoms with Crippen molar-refractivity contribution in [3.05, 3.63) is 46.3 Å². The lowest BCUT2D eigenvalue weighted by molar-refractivity contribution is -0.142. The molecule has 6 nitrogen and oxygen atoms in total. The molecule has 0 bridgehead atoms. The molecule has 0 aromatic heterocycles. The summed E-state index contributed by atoms with van der Waals surface area (Å²) in [6.07, 6.45) is -0.267. The zero-order chi connectivity index (χ0) is 14.4. The Hall–Kier alpha value is -1.59. The number of rotatable bonds is 6. The third kappa shape index (κ3) is 4.21. The van der Waals surface area contributed by atoms with Crippen molar-refractivity contribution in [1.29, 1.82) is 0 Å². The van der Waals surface area contributed by atoms with Crippen molar-refractivity contribution in [3.63, 3.8) is 0 Å². The second-order valence-electron chi connectivity index (χ2n) is 5.14. The third-order valence-corrected chi connectivity index (χ3v) is 3.06. The molecule has 0 amide bonds. The monoisotopic (exact) mass is 277 g/mol. The van der Waals surface area contributed by atoms with Crippen LogP contribution in [0.1, 0.15) is 19.4 Å². The van der Waals surface area contributed by atoms with Crippen LogP contribution in [0.25, 0.3) is 10.4 Å². The molecule has 2 rings (SSSR count). The van der Waals surface area contributed by atoms with Gasteiger partial charge in [0, 0.05) is 4.91 Å². The standard InChI is InChI=1S/C14H19N3O3/c1-14(2)19-10-13(20-14)12(16-17-15)9-18-8-11-6-4-3-5-7-11/h3-7,12-13H,8-10H2,1-2H3/t12-,13+/m1/s1. The molecule has 0 spiro atoms. The molecule has 20 heavy (non-hydrogen) atoms. The second kappa shape index (κ2) is 6.72. The Kier molecular flexibility index (Phi) is 4.98. The van der Waals surface area contributed by atoms with Gasteiger partial charge in [0.2, 0.25) is 0 Å². The van der Waals surface area contributed by atoms with Crippen molar-refractivity contribution >= 4 is 0 Å². The van der Waals surface area contributed by atoms with Crippen molar-refractivity contribution in [1.82, 2.24) is 0 Å². The molecule has 1 fully saturated rings. The van der Waals surface area contributed by atoms with E-state index in [0.29, 0.717) is 19.8 Å². The Morgan fingerprint density at radius 2 is 2.20 bits per heavy atom. The third-order valence-electron chi connectivity index (χ3n) is 3.06. The van der Waals surface area contributed by atoms with Gasteiger partial charge in [0.15, 0.2) is 5.79 Å². The van der Waals surface area contributed by atoms with Crippen LogP contribution in [0.2, 0.25) is 0 Å². The number of azide groups is 1. The first-order valence-electron chi connectivity index (χ1n) is 6.58. The van der Waals surface area contributed by atoms with Gasteiger partial charge in [0.25, 0.3) is 0 Å². The molecule has 1 aliphatic heterocycles. The fraction of sp³-hybridized carbons (Fsp3) is 0.571. The summed E-state index contributed by atoms with van der Waals surface area (Å²) in [7, 11) is 0. The predicted octanol–water partition coefficient (Wildman–Crippen LogP) is 3.03. The summed E-state index contributed by atoms with van der Waals surface area (Å²) in [6.45, 7) is 4.87. The molecule has 1 aromatic rings. The molecular weight excluding hydrogens is 258 g/mol. The van der Waals surface area contributed by atoms with Crippen LogP contribution in [0.15, 0.2) is 35.4 Å². The lowest BCUT2D eigenvalue weighted by Gasteiger charge is -2.20. The van der Waals surface area contributed by atoms with Crippen molar-refractivity contribution in [3.8, 4) is 0 Å². The molecule has 1 heterocycles. The van der Waals surface area contributed by atoms with Gasteiger partial charge in [-0.3, -0.25) is 0 Å². The Balaban J connectivity index is 1.85. The maximum atomic E-state index is 8.65. The molecule has 0 radical (unpaired) electrons. The topological polar surface area (TPSA) is 76.5 Å². The fourth-order valence-corrected chi connectivity index (χ4v) is 2.06. The van der Waals surface area contributed by atoms with Gasteiger partial charge in [-0.25, -0.2) is 0 Å². The van der Waals surface area contributed by atoms with E-state index in [2.05, 4.69) is 10.0 Å². The largest absolute Gasteiger partial charge is 0.376 e. The van der Waals surface area contributed by atoms with Crippen molar-refractivity contribution in [2.75, 3.05) is 13.2 Å². The van der Waals surface area contributed by atoms with Gasteiger partial charge < -0.3 is 14.2 Å². The predicted molar refractivity (Wildman–Crippen MR) is 73.9 cm³/mol. The number of nitrogens with zero attached hydrogens (tertiary/aromatic N) is 3. The Morgan fingerprint density at radius 3 is 2.80 bits per heavy atom. The fourth-order valence-electron chi connectivity index (χ4n) is 2.06. The molecule has 1 aliphatic rings. The van der Waals surface area contributed by atoms with Crippen LogP contribution in [0.3, 0.4) is 0 Å². The maximum absolute atomic E-state index is 8.65. The summed E-state index contributed by atoms with van der Waals surface area (Å²) in [5.41, 5.74) is 9.73. The lowest BCUT2D eigenvalue weighted by Crippen LogP contribution is -2.32. The van der Waals surface area contributed by atoms with E-state index in [4.69, 9.17) is 19.7 Å². The molecule has 6 heteroatoms. The van der Waals surface area contributed by atoms with Crippen LogP contribution >= 0.6 is 0 Å². The van der Waals surface area contributed by atoms with E-state index in [1.807, 2.05) is 44.2 Å². The van der Waals surface area contributed by atoms with E-state index in [1.165, 1.54) is 0 Å². The van der Waals surface area contributed by atoms with Crippen molar-refractivity contribution < 1.29 is 14.2 Å². The maximum Gasteiger partial charge on any atom is 0.163 e. The van der Waals surface area contributed by atoms with Crippen LogP contribution in [-0.2, 0) is 20.8 Å². The molecule has 1 aromatic carbocycles. The molecular formula is C14H19N3O3. The van der Waals surface area contributed by atoms with E-state index in [9.17, 15) is 0 Å². The lowest BCUT2D eigenvalue weighted by atomic mass is 10.2. The number of benzene rings is 1.